The van der Waals surface area contributed by atoms with Crippen LogP contribution in [0.4, 0.5) is 10.5 Å². The molecule has 2 rings (SSSR count). The number of hydrogen-bond acceptors (Lipinski definition) is 18. The number of imide groups is 1. The maximum Gasteiger partial charge on any atom is 0.332 e. The van der Waals surface area contributed by atoms with Gasteiger partial charge in [0.1, 0.15) is 18.5 Å². The molecule has 4 N–H and O–H groups in total. The highest BCUT2D eigenvalue weighted by Crippen LogP contribution is 2.32. The van der Waals surface area contributed by atoms with Crippen molar-refractivity contribution in [2.75, 3.05) is 184 Å². The van der Waals surface area contributed by atoms with Crippen molar-refractivity contribution in [2.45, 2.75) is 25.3 Å². The summed E-state index contributed by atoms with van der Waals surface area (Å²) < 4.78 is 71.1. The number of anilines is 1. The lowest BCUT2D eigenvalue weighted by atomic mass is 10.1. The lowest BCUT2D eigenvalue weighted by Gasteiger charge is -2.35. The minimum atomic E-state index is -1.34. The first kappa shape index (κ1) is 58.7. The van der Waals surface area contributed by atoms with Gasteiger partial charge in [-0.2, -0.15) is 0 Å². The van der Waals surface area contributed by atoms with Crippen molar-refractivity contribution in [1.29, 1.82) is 0 Å². The predicted octanol–water partition coefficient (Wildman–Crippen LogP) is 0.112. The molecule has 23 nitrogen and oxygen atoms in total. The molecule has 0 aliphatic carbocycles. The molecule has 0 radical (unpaired) electrons. The summed E-state index contributed by atoms with van der Waals surface area (Å²) in [4.78, 5) is 65.5. The molecule has 0 spiro atoms. The molecule has 1 heterocycles. The highest BCUT2D eigenvalue weighted by atomic mass is 127. The van der Waals surface area contributed by atoms with Crippen LogP contribution in [0.5, 0.6) is 5.75 Å². The maximum atomic E-state index is 13.3. The molecule has 0 bridgehead atoms. The van der Waals surface area contributed by atoms with E-state index >= 15 is 0 Å². The lowest BCUT2D eigenvalue weighted by molar-refractivity contribution is -0.134. The third-order valence-corrected chi connectivity index (χ3v) is 9.51. The van der Waals surface area contributed by atoms with E-state index in [1.165, 1.54) is 12.0 Å². The molecule has 1 aliphatic rings. The fourth-order valence-electron chi connectivity index (χ4n) is 5.51. The Morgan fingerprint density at radius 3 is 1.44 bits per heavy atom. The predicted molar refractivity (Wildman–Crippen MR) is 244 cm³/mol. The van der Waals surface area contributed by atoms with Gasteiger partial charge in [0.15, 0.2) is 0 Å². The Hall–Kier alpha value is -3.38. The fraction of sp³-hybridized carbons (Fsp3) is 0.738. The van der Waals surface area contributed by atoms with E-state index in [0.717, 1.165) is 8.47 Å². The summed E-state index contributed by atoms with van der Waals surface area (Å²) in [5.74, 6) is -2.26. The van der Waals surface area contributed by atoms with Crippen LogP contribution in [0.1, 0.15) is 19.3 Å². The number of halogens is 1. The van der Waals surface area contributed by atoms with Crippen LogP contribution in [0.15, 0.2) is 18.2 Å². The summed E-state index contributed by atoms with van der Waals surface area (Å²) >= 11 is 2.10. The van der Waals surface area contributed by atoms with Crippen LogP contribution in [-0.2, 0) is 76.0 Å². The molecule has 0 aromatic heterocycles. The van der Waals surface area contributed by atoms with Gasteiger partial charge in [0.05, 0.1) is 171 Å². The van der Waals surface area contributed by atoms with E-state index in [4.69, 9.17) is 67.3 Å². The average molecular weight is 1060 g/mol. The normalized spacial score (nSPS) is 13.3. The fourth-order valence-corrected chi connectivity index (χ4v) is 5.98. The van der Waals surface area contributed by atoms with E-state index in [-0.39, 0.29) is 39.2 Å². The lowest BCUT2D eigenvalue weighted by Crippen LogP contribution is -2.57. The van der Waals surface area contributed by atoms with Crippen molar-refractivity contribution in [3.05, 3.63) is 21.8 Å². The molecule has 1 unspecified atom stereocenters. The Bertz CT molecular complexity index is 1490. The Morgan fingerprint density at radius 1 is 0.636 bits per heavy atom. The summed E-state index contributed by atoms with van der Waals surface area (Å²) in [5.41, 5.74) is 5.79. The van der Waals surface area contributed by atoms with Gasteiger partial charge in [-0.15, -0.1) is 0 Å². The van der Waals surface area contributed by atoms with Crippen LogP contribution >= 0.6 is 22.6 Å². The summed E-state index contributed by atoms with van der Waals surface area (Å²) in [6.45, 7) is 9.46. The highest BCUT2D eigenvalue weighted by Gasteiger charge is 2.35. The Kier molecular flexibility index (Phi) is 35.2. The van der Waals surface area contributed by atoms with Crippen LogP contribution < -0.4 is 26.0 Å². The molecule has 6 amide bonds. The number of methoxy groups -OCH3 is 2. The Labute approximate surface area is 400 Å². The first-order valence-electron chi connectivity index (χ1n) is 21.8. The monoisotopic (exact) mass is 1060 g/mol. The number of carbonyl (C=O) groups is 5. The molecule has 66 heavy (non-hydrogen) atoms. The zero-order valence-corrected chi connectivity index (χ0v) is 40.5. The van der Waals surface area contributed by atoms with Gasteiger partial charge in [-0.1, -0.05) is 0 Å². The van der Waals surface area contributed by atoms with E-state index in [1.54, 1.807) is 19.2 Å². The molecule has 1 fully saturated rings. The zero-order valence-electron chi connectivity index (χ0n) is 38.3. The largest absolute Gasteiger partial charge is 0.495 e. The quantitative estimate of drug-likeness (QED) is 0.0579. The van der Waals surface area contributed by atoms with E-state index < -0.39 is 48.8 Å². The number of hydrogen-bond donors (Lipinski definition) is 3. The molecule has 0 saturated carbocycles. The number of primary amides is 1. The number of nitrogens with one attached hydrogen (secondary N) is 2. The van der Waals surface area contributed by atoms with E-state index in [0.29, 0.717) is 144 Å². The average Bonchev–Trinajstić information content (AvgIpc) is 3.29. The second kappa shape index (κ2) is 39.6. The van der Waals surface area contributed by atoms with Gasteiger partial charge in [0.2, 0.25) is 23.6 Å². The number of rotatable bonds is 44. The van der Waals surface area contributed by atoms with Crippen molar-refractivity contribution >= 4 is 57.9 Å². The summed E-state index contributed by atoms with van der Waals surface area (Å²) in [6.07, 6.45) is -0.610. The minimum absolute atomic E-state index is 0.00429. The molecule has 1 atom stereocenters. The summed E-state index contributed by atoms with van der Waals surface area (Å²) in [5, 5.41) is 4.92. The number of urea groups is 1. The number of carbonyl (C=O) groups excluding carboxylic acids is 5. The van der Waals surface area contributed by atoms with Crippen LogP contribution in [0.25, 0.3) is 0 Å². The van der Waals surface area contributed by atoms with Gasteiger partial charge in [-0.05, 0) is 40.8 Å². The van der Waals surface area contributed by atoms with Gasteiger partial charge in [0, 0.05) is 30.1 Å². The first-order chi connectivity index (χ1) is 32.2. The molecular formula is C42H70IN5O18. The van der Waals surface area contributed by atoms with Gasteiger partial charge in [0.25, 0.3) is 0 Å². The molecule has 1 aliphatic heterocycles. The molecule has 24 heteroatoms. The third kappa shape index (κ3) is 28.7. The number of nitrogens with zero attached hydrogens (tertiary/aromatic N) is 2. The van der Waals surface area contributed by atoms with E-state index in [2.05, 4.69) is 33.2 Å². The minimum Gasteiger partial charge on any atom is -0.495 e. The van der Waals surface area contributed by atoms with Gasteiger partial charge < -0.3 is 77.9 Å². The Morgan fingerprint density at radius 2 is 1.05 bits per heavy atom. The molecule has 1 saturated heterocycles. The highest BCUT2D eigenvalue weighted by molar-refractivity contribution is 14.1. The Balaban J connectivity index is 1.37. The van der Waals surface area contributed by atoms with Crippen LogP contribution in [-0.4, -0.2) is 220 Å². The number of ether oxygens (including phenoxy) is 13. The third-order valence-electron chi connectivity index (χ3n) is 8.84. The first-order valence-corrected chi connectivity index (χ1v) is 22.9. The zero-order chi connectivity index (χ0) is 47.9. The topological polar surface area (TPSA) is 262 Å². The number of benzene rings is 1. The van der Waals surface area contributed by atoms with Crippen molar-refractivity contribution in [1.82, 2.24) is 15.5 Å². The maximum absolute atomic E-state index is 13.3. The number of nitrogens with two attached hydrogens (primary N) is 1. The van der Waals surface area contributed by atoms with Gasteiger partial charge >= 0.3 is 6.03 Å². The molecular weight excluding hydrogens is 989 g/mol. The van der Waals surface area contributed by atoms with Crippen molar-refractivity contribution < 1.29 is 85.6 Å². The summed E-state index contributed by atoms with van der Waals surface area (Å²) in [7, 11) is 3.10. The summed E-state index contributed by atoms with van der Waals surface area (Å²) in [6, 6.07) is 3.28. The van der Waals surface area contributed by atoms with Gasteiger partial charge in [-0.25, -0.2) is 9.69 Å². The second-order valence-electron chi connectivity index (χ2n) is 13.8. The second-order valence-corrected chi connectivity index (χ2v) is 15.0. The molecule has 1 aromatic rings. The number of amides is 6. The SMILES string of the molecule is COCCOCCOCCOCCOCCOCCOCCOCCOCCOCCOCCOCCC(=O)NC(CC(N)=O)C(=O)NCN1C(=O)CCN(c2cc(I)ccc2OC)C1=O. The van der Waals surface area contributed by atoms with Crippen molar-refractivity contribution in [3.8, 4) is 5.75 Å². The van der Waals surface area contributed by atoms with Crippen molar-refractivity contribution in [3.63, 3.8) is 0 Å². The van der Waals surface area contributed by atoms with E-state index in [9.17, 15) is 24.0 Å². The molecule has 378 valence electrons. The van der Waals surface area contributed by atoms with E-state index in [1.807, 2.05) is 6.07 Å². The smallest absolute Gasteiger partial charge is 0.332 e. The molecule has 1 aromatic carbocycles. The van der Waals surface area contributed by atoms with Crippen LogP contribution in [0.2, 0.25) is 0 Å². The standard InChI is InChI=1S/C42H70IN5O18/c1-54-9-10-57-13-14-59-17-18-61-21-22-63-25-26-65-29-30-66-28-27-64-24-23-62-20-19-60-16-15-58-12-11-56-8-6-39(50)46-35(32-38(44)49)41(52)45-33-48-40(51)5-7-47(42(48)53)36-31-34(43)3-4-37(36)55-2/h3-4,31,35H,5-30,32-33H2,1-2H3,(H2,44,49)(H,45,52)(H,46,50). The van der Waals surface area contributed by atoms with Gasteiger partial charge in [-0.3, -0.25) is 24.1 Å². The van der Waals surface area contributed by atoms with Crippen LogP contribution in [0, 0.1) is 3.57 Å². The van der Waals surface area contributed by atoms with Crippen LogP contribution in [0.3, 0.4) is 0 Å². The van der Waals surface area contributed by atoms with Crippen molar-refractivity contribution in [2.24, 2.45) is 5.73 Å².